The largest absolute Gasteiger partial charge is 0.473 e. The average Bonchev–Trinajstić information content (AvgIpc) is 2.83. The van der Waals surface area contributed by atoms with Crippen LogP contribution in [0, 0.1) is 0 Å². The van der Waals surface area contributed by atoms with E-state index >= 15 is 0 Å². The molecule has 0 spiro atoms. The first-order valence-corrected chi connectivity index (χ1v) is 7.40. The van der Waals surface area contributed by atoms with Crippen molar-refractivity contribution in [3.8, 4) is 5.88 Å². The van der Waals surface area contributed by atoms with Crippen LogP contribution in [-0.2, 0) is 6.42 Å². The summed E-state index contributed by atoms with van der Waals surface area (Å²) in [4.78, 5) is 4.33. The smallest absolute Gasteiger partial charge is 0.237 e. The summed E-state index contributed by atoms with van der Waals surface area (Å²) in [5, 5.41) is 3.56. The van der Waals surface area contributed by atoms with Crippen LogP contribution in [0.3, 0.4) is 0 Å². The Morgan fingerprint density at radius 3 is 3.00 bits per heavy atom. The lowest BCUT2D eigenvalue weighted by Crippen LogP contribution is -2.12. The van der Waals surface area contributed by atoms with Gasteiger partial charge in [0.25, 0.3) is 0 Å². The van der Waals surface area contributed by atoms with E-state index in [4.69, 9.17) is 10.5 Å². The van der Waals surface area contributed by atoms with Crippen molar-refractivity contribution < 1.29 is 4.74 Å². The highest BCUT2D eigenvalue weighted by atomic mass is 16.5. The molecule has 4 nitrogen and oxygen atoms in total. The van der Waals surface area contributed by atoms with Crippen molar-refractivity contribution in [3.05, 3.63) is 47.7 Å². The van der Waals surface area contributed by atoms with E-state index < -0.39 is 0 Å². The number of aryl methyl sites for hydroxylation is 1. The van der Waals surface area contributed by atoms with Crippen molar-refractivity contribution >= 4 is 11.4 Å². The molecule has 0 aliphatic heterocycles. The van der Waals surface area contributed by atoms with Crippen LogP contribution < -0.4 is 15.8 Å². The average molecular weight is 283 g/mol. The maximum absolute atomic E-state index is 5.86. The summed E-state index contributed by atoms with van der Waals surface area (Å²) in [5.41, 5.74) is 10.3. The molecule has 1 unspecified atom stereocenters. The van der Waals surface area contributed by atoms with Crippen molar-refractivity contribution in [3.63, 3.8) is 0 Å². The maximum Gasteiger partial charge on any atom is 0.237 e. The fourth-order valence-electron chi connectivity index (χ4n) is 2.79. The minimum atomic E-state index is 0.108. The highest BCUT2D eigenvalue weighted by Crippen LogP contribution is 2.36. The quantitative estimate of drug-likeness (QED) is 0.842. The molecule has 1 aromatic heterocycles. The molecule has 0 amide bonds. The number of nitrogens with zero attached hydrogens (tertiary/aromatic N) is 1. The molecule has 0 saturated carbocycles. The van der Waals surface area contributed by atoms with Crippen molar-refractivity contribution in [2.75, 3.05) is 11.1 Å². The van der Waals surface area contributed by atoms with E-state index in [1.807, 2.05) is 32.0 Å². The van der Waals surface area contributed by atoms with E-state index in [9.17, 15) is 0 Å². The summed E-state index contributed by atoms with van der Waals surface area (Å²) in [6.07, 6.45) is 3.98. The molecule has 0 bridgehead atoms. The van der Waals surface area contributed by atoms with Gasteiger partial charge in [0.15, 0.2) is 0 Å². The summed E-state index contributed by atoms with van der Waals surface area (Å²) in [6.45, 7) is 4.01. The summed E-state index contributed by atoms with van der Waals surface area (Å²) >= 11 is 0. The van der Waals surface area contributed by atoms with E-state index in [0.717, 1.165) is 24.2 Å². The van der Waals surface area contributed by atoms with Crippen LogP contribution in [0.15, 0.2) is 36.5 Å². The van der Waals surface area contributed by atoms with Gasteiger partial charge in [0.05, 0.1) is 17.8 Å². The van der Waals surface area contributed by atoms with Crippen molar-refractivity contribution in [2.24, 2.45) is 0 Å². The third-order valence-electron chi connectivity index (χ3n) is 3.69. The number of anilines is 2. The number of nitrogens with two attached hydrogens (primary N) is 1. The van der Waals surface area contributed by atoms with Crippen LogP contribution in [0.2, 0.25) is 0 Å². The topological polar surface area (TPSA) is 60.2 Å². The van der Waals surface area contributed by atoms with Crippen LogP contribution in [0.25, 0.3) is 0 Å². The zero-order valence-corrected chi connectivity index (χ0v) is 12.5. The molecule has 21 heavy (non-hydrogen) atoms. The Morgan fingerprint density at radius 1 is 1.33 bits per heavy atom. The van der Waals surface area contributed by atoms with Crippen LogP contribution in [-0.4, -0.2) is 11.1 Å². The van der Waals surface area contributed by atoms with E-state index in [2.05, 4.69) is 22.4 Å². The molecule has 3 N–H and O–H groups in total. The van der Waals surface area contributed by atoms with Crippen LogP contribution in [0.1, 0.15) is 37.4 Å². The van der Waals surface area contributed by atoms with Gasteiger partial charge in [-0.3, -0.25) is 0 Å². The first kappa shape index (κ1) is 13.7. The lowest BCUT2D eigenvalue weighted by Gasteiger charge is -2.19. The second-order valence-electron chi connectivity index (χ2n) is 5.72. The Kier molecular flexibility index (Phi) is 3.69. The summed E-state index contributed by atoms with van der Waals surface area (Å²) in [5.74, 6) is 0.663. The third kappa shape index (κ3) is 2.94. The van der Waals surface area contributed by atoms with Gasteiger partial charge < -0.3 is 15.8 Å². The minimum Gasteiger partial charge on any atom is -0.473 e. The Morgan fingerprint density at radius 2 is 2.19 bits per heavy atom. The molecular formula is C17H21N3O. The first-order chi connectivity index (χ1) is 10.1. The number of nitrogens with one attached hydrogen (secondary N) is 1. The molecule has 2 aromatic rings. The molecule has 1 aliphatic carbocycles. The summed E-state index contributed by atoms with van der Waals surface area (Å²) in [6, 6.07) is 10.4. The number of hydrogen-bond acceptors (Lipinski definition) is 4. The monoisotopic (exact) mass is 283 g/mol. The molecule has 3 rings (SSSR count). The number of pyridine rings is 1. The number of hydrogen-bond donors (Lipinski definition) is 2. The second-order valence-corrected chi connectivity index (χ2v) is 5.72. The number of nitrogen functional groups attached to an aromatic ring is 1. The molecule has 1 heterocycles. The van der Waals surface area contributed by atoms with E-state index in [-0.39, 0.29) is 6.10 Å². The van der Waals surface area contributed by atoms with Gasteiger partial charge >= 0.3 is 0 Å². The Bertz CT molecular complexity index is 640. The van der Waals surface area contributed by atoms with Gasteiger partial charge in [0.1, 0.15) is 0 Å². The molecule has 1 aromatic carbocycles. The second kappa shape index (κ2) is 5.64. The Labute approximate surface area is 125 Å². The van der Waals surface area contributed by atoms with Gasteiger partial charge in [-0.2, -0.15) is 0 Å². The standard InChI is InChI=1S/C17H21N3O/c1-11(2)21-17-16(4-3-9-19-17)20-15-8-5-12-10-13(18)6-7-14(12)15/h3-4,6-7,9-11,15,20H,5,8,18H2,1-2H3. The third-order valence-corrected chi connectivity index (χ3v) is 3.69. The highest BCUT2D eigenvalue weighted by molar-refractivity contribution is 5.56. The number of ether oxygens (including phenoxy) is 1. The van der Waals surface area contributed by atoms with E-state index in [0.29, 0.717) is 11.9 Å². The van der Waals surface area contributed by atoms with Gasteiger partial charge in [-0.25, -0.2) is 4.98 Å². The predicted octanol–water partition coefficient (Wildman–Crippen LogP) is 3.55. The highest BCUT2D eigenvalue weighted by Gasteiger charge is 2.23. The fraction of sp³-hybridized carbons (Fsp3) is 0.353. The van der Waals surface area contributed by atoms with Gasteiger partial charge in [-0.15, -0.1) is 0 Å². The molecule has 1 atom stereocenters. The molecule has 4 heteroatoms. The van der Waals surface area contributed by atoms with Gasteiger partial charge in [0, 0.05) is 11.9 Å². The molecule has 1 aliphatic rings. The SMILES string of the molecule is CC(C)Oc1ncccc1NC1CCc2cc(N)ccc21. The zero-order valence-electron chi connectivity index (χ0n) is 12.5. The van der Waals surface area contributed by atoms with Crippen molar-refractivity contribution in [2.45, 2.75) is 38.8 Å². The number of fused-ring (bicyclic) bond motifs is 1. The minimum absolute atomic E-state index is 0.108. The first-order valence-electron chi connectivity index (χ1n) is 7.40. The number of benzene rings is 1. The van der Waals surface area contributed by atoms with Gasteiger partial charge in [0.2, 0.25) is 5.88 Å². The summed E-state index contributed by atoms with van der Waals surface area (Å²) < 4.78 is 5.77. The normalized spacial score (nSPS) is 16.8. The molecule has 110 valence electrons. The van der Waals surface area contributed by atoms with Crippen molar-refractivity contribution in [1.82, 2.24) is 4.98 Å². The lowest BCUT2D eigenvalue weighted by atomic mass is 10.1. The molecular weight excluding hydrogens is 262 g/mol. The lowest BCUT2D eigenvalue weighted by molar-refractivity contribution is 0.234. The van der Waals surface area contributed by atoms with E-state index in [1.165, 1.54) is 11.1 Å². The zero-order chi connectivity index (χ0) is 14.8. The van der Waals surface area contributed by atoms with Crippen LogP contribution in [0.5, 0.6) is 5.88 Å². The number of rotatable bonds is 4. The Balaban J connectivity index is 1.83. The van der Waals surface area contributed by atoms with Gasteiger partial charge in [-0.1, -0.05) is 6.07 Å². The predicted molar refractivity (Wildman–Crippen MR) is 85.5 cm³/mol. The van der Waals surface area contributed by atoms with Crippen LogP contribution in [0.4, 0.5) is 11.4 Å². The molecule has 0 radical (unpaired) electrons. The van der Waals surface area contributed by atoms with E-state index in [1.54, 1.807) is 6.20 Å². The maximum atomic E-state index is 5.86. The molecule has 0 saturated heterocycles. The van der Waals surface area contributed by atoms with Crippen LogP contribution >= 0.6 is 0 Å². The summed E-state index contributed by atoms with van der Waals surface area (Å²) in [7, 11) is 0. The molecule has 0 fully saturated rings. The number of aromatic nitrogens is 1. The van der Waals surface area contributed by atoms with Crippen molar-refractivity contribution in [1.29, 1.82) is 0 Å². The Hall–Kier alpha value is -2.23. The fourth-order valence-corrected chi connectivity index (χ4v) is 2.79. The van der Waals surface area contributed by atoms with Gasteiger partial charge in [-0.05, 0) is 62.1 Å².